The number of hydrogen-bond donors (Lipinski definition) is 1. The third kappa shape index (κ3) is 3.79. The molecule has 0 fully saturated rings. The first kappa shape index (κ1) is 18.5. The molecule has 0 aliphatic carbocycles. The van der Waals surface area contributed by atoms with Gasteiger partial charge in [0.25, 0.3) is 11.8 Å². The van der Waals surface area contributed by atoms with Crippen LogP contribution in [0.15, 0.2) is 54.2 Å². The Morgan fingerprint density at radius 2 is 1.67 bits per heavy atom. The highest BCUT2D eigenvalue weighted by atomic mass is 16.5. The van der Waals surface area contributed by atoms with Crippen LogP contribution >= 0.6 is 0 Å². The van der Waals surface area contributed by atoms with Gasteiger partial charge >= 0.3 is 0 Å². The van der Waals surface area contributed by atoms with Crippen LogP contribution in [0.2, 0.25) is 0 Å². The van der Waals surface area contributed by atoms with Crippen LogP contribution in [0, 0.1) is 0 Å². The van der Waals surface area contributed by atoms with Crippen LogP contribution in [0.3, 0.4) is 0 Å². The Kier molecular flexibility index (Phi) is 5.16. The molecule has 2 aromatic carbocycles. The van der Waals surface area contributed by atoms with Crippen LogP contribution in [0.4, 0.5) is 5.69 Å². The number of rotatable bonds is 6. The molecule has 1 N–H and O–H groups in total. The van der Waals surface area contributed by atoms with Gasteiger partial charge in [-0.05, 0) is 43.7 Å². The average molecular weight is 366 g/mol. The van der Waals surface area contributed by atoms with Crippen molar-refractivity contribution in [2.75, 3.05) is 19.5 Å². The SMILES string of the molecule is COc1cccc(NC2=C(c3ccc(OC(C)C)cc3)C(=O)N(C)C2=O)c1. The van der Waals surface area contributed by atoms with Crippen molar-refractivity contribution in [1.29, 1.82) is 0 Å². The molecule has 0 unspecified atom stereocenters. The smallest absolute Gasteiger partial charge is 0.277 e. The Balaban J connectivity index is 1.99. The van der Waals surface area contributed by atoms with Crippen LogP contribution in [-0.2, 0) is 9.59 Å². The van der Waals surface area contributed by atoms with E-state index in [-0.39, 0.29) is 23.6 Å². The van der Waals surface area contributed by atoms with Crippen molar-refractivity contribution in [2.24, 2.45) is 0 Å². The number of carbonyl (C=O) groups excluding carboxylic acids is 2. The predicted octanol–water partition coefficient (Wildman–Crippen LogP) is 3.30. The Hall–Kier alpha value is -3.28. The van der Waals surface area contributed by atoms with Crippen molar-refractivity contribution >= 4 is 23.1 Å². The highest BCUT2D eigenvalue weighted by Gasteiger charge is 2.36. The lowest BCUT2D eigenvalue weighted by Crippen LogP contribution is -2.27. The molecule has 1 aliphatic rings. The van der Waals surface area contributed by atoms with Crippen LogP contribution in [0.25, 0.3) is 5.57 Å². The van der Waals surface area contributed by atoms with E-state index in [0.29, 0.717) is 28.3 Å². The molecule has 140 valence electrons. The van der Waals surface area contributed by atoms with E-state index in [4.69, 9.17) is 9.47 Å². The number of imide groups is 1. The molecule has 0 saturated carbocycles. The topological polar surface area (TPSA) is 67.9 Å². The number of ether oxygens (including phenoxy) is 2. The van der Waals surface area contributed by atoms with Gasteiger partial charge in [0.05, 0.1) is 18.8 Å². The van der Waals surface area contributed by atoms with Crippen LogP contribution in [0.1, 0.15) is 19.4 Å². The molecule has 1 aliphatic heterocycles. The Bertz CT molecular complexity index is 901. The first-order valence-corrected chi connectivity index (χ1v) is 8.65. The number of carbonyl (C=O) groups is 2. The fourth-order valence-corrected chi connectivity index (χ4v) is 2.84. The molecule has 27 heavy (non-hydrogen) atoms. The van der Waals surface area contributed by atoms with Crippen molar-refractivity contribution in [3.63, 3.8) is 0 Å². The largest absolute Gasteiger partial charge is 0.497 e. The minimum atomic E-state index is -0.375. The second-order valence-electron chi connectivity index (χ2n) is 6.47. The molecular weight excluding hydrogens is 344 g/mol. The van der Waals surface area contributed by atoms with E-state index in [1.165, 1.54) is 7.05 Å². The molecule has 0 atom stereocenters. The minimum Gasteiger partial charge on any atom is -0.497 e. The summed E-state index contributed by atoms with van der Waals surface area (Å²) in [6, 6.07) is 14.3. The summed E-state index contributed by atoms with van der Waals surface area (Å²) in [7, 11) is 3.05. The van der Waals surface area contributed by atoms with E-state index < -0.39 is 0 Å². The number of nitrogens with one attached hydrogen (secondary N) is 1. The molecule has 0 spiro atoms. The summed E-state index contributed by atoms with van der Waals surface area (Å²) in [6.07, 6.45) is 0.0566. The number of methoxy groups -OCH3 is 1. The lowest BCUT2D eigenvalue weighted by atomic mass is 10.0. The Morgan fingerprint density at radius 3 is 2.30 bits per heavy atom. The maximum absolute atomic E-state index is 12.7. The zero-order valence-electron chi connectivity index (χ0n) is 15.8. The standard InChI is InChI=1S/C21H22N2O4/c1-13(2)27-16-10-8-14(9-11-16)18-19(21(25)23(3)20(18)24)22-15-6-5-7-17(12-15)26-4/h5-13,22H,1-4H3. The van der Waals surface area contributed by atoms with Crippen LogP contribution in [-0.4, -0.2) is 37.0 Å². The van der Waals surface area contributed by atoms with Gasteiger partial charge in [-0.1, -0.05) is 18.2 Å². The van der Waals surface area contributed by atoms with Crippen molar-refractivity contribution in [2.45, 2.75) is 20.0 Å². The highest BCUT2D eigenvalue weighted by Crippen LogP contribution is 2.31. The van der Waals surface area contributed by atoms with Gasteiger partial charge in [0.15, 0.2) is 0 Å². The van der Waals surface area contributed by atoms with Crippen LogP contribution < -0.4 is 14.8 Å². The Morgan fingerprint density at radius 1 is 0.963 bits per heavy atom. The van der Waals surface area contributed by atoms with Crippen molar-refractivity contribution in [1.82, 2.24) is 4.90 Å². The van der Waals surface area contributed by atoms with E-state index in [0.717, 1.165) is 4.90 Å². The van der Waals surface area contributed by atoms with Crippen molar-refractivity contribution < 1.29 is 19.1 Å². The van der Waals surface area contributed by atoms with E-state index >= 15 is 0 Å². The molecule has 1 heterocycles. The summed E-state index contributed by atoms with van der Waals surface area (Å²) in [6.45, 7) is 3.89. The van der Waals surface area contributed by atoms with Gasteiger partial charge < -0.3 is 14.8 Å². The van der Waals surface area contributed by atoms with E-state index in [2.05, 4.69) is 5.32 Å². The highest BCUT2D eigenvalue weighted by molar-refractivity contribution is 6.36. The van der Waals surface area contributed by atoms with Gasteiger partial charge in [-0.15, -0.1) is 0 Å². The van der Waals surface area contributed by atoms with E-state index in [1.807, 2.05) is 32.0 Å². The predicted molar refractivity (Wildman–Crippen MR) is 104 cm³/mol. The van der Waals surface area contributed by atoms with Gasteiger partial charge in [0, 0.05) is 18.8 Å². The second kappa shape index (κ2) is 7.53. The summed E-state index contributed by atoms with van der Waals surface area (Å²) >= 11 is 0. The lowest BCUT2D eigenvalue weighted by molar-refractivity contribution is -0.135. The van der Waals surface area contributed by atoms with Crippen LogP contribution in [0.5, 0.6) is 11.5 Å². The van der Waals surface area contributed by atoms with Crippen molar-refractivity contribution in [3.8, 4) is 11.5 Å². The first-order chi connectivity index (χ1) is 12.9. The van der Waals surface area contributed by atoms with E-state index in [1.54, 1.807) is 37.4 Å². The fraction of sp³-hybridized carbons (Fsp3) is 0.238. The molecule has 2 aromatic rings. The molecular formula is C21H22N2O4. The number of hydrogen-bond acceptors (Lipinski definition) is 5. The number of amides is 2. The summed E-state index contributed by atoms with van der Waals surface area (Å²) in [5, 5.41) is 3.08. The van der Waals surface area contributed by atoms with Gasteiger partial charge in [-0.25, -0.2) is 0 Å². The number of benzene rings is 2. The molecule has 0 aromatic heterocycles. The number of likely N-dealkylation sites (N-methyl/N-ethyl adjacent to an activating group) is 1. The van der Waals surface area contributed by atoms with Gasteiger partial charge in [-0.3, -0.25) is 14.5 Å². The maximum atomic E-state index is 12.7. The second-order valence-corrected chi connectivity index (χ2v) is 6.47. The zero-order valence-corrected chi connectivity index (χ0v) is 15.8. The molecule has 0 radical (unpaired) electrons. The summed E-state index contributed by atoms with van der Waals surface area (Å²) in [4.78, 5) is 26.4. The fourth-order valence-electron chi connectivity index (χ4n) is 2.84. The third-order valence-electron chi connectivity index (χ3n) is 4.14. The summed E-state index contributed by atoms with van der Waals surface area (Å²) < 4.78 is 10.9. The number of nitrogens with zero attached hydrogens (tertiary/aromatic N) is 1. The monoisotopic (exact) mass is 366 g/mol. The molecule has 6 nitrogen and oxygen atoms in total. The summed E-state index contributed by atoms with van der Waals surface area (Å²) in [5.41, 5.74) is 1.90. The molecule has 2 amide bonds. The quantitative estimate of drug-likeness (QED) is 0.795. The molecule has 0 saturated heterocycles. The van der Waals surface area contributed by atoms with Gasteiger partial charge in [-0.2, -0.15) is 0 Å². The minimum absolute atomic E-state index is 0.0566. The van der Waals surface area contributed by atoms with Crippen molar-refractivity contribution in [3.05, 3.63) is 59.8 Å². The third-order valence-corrected chi connectivity index (χ3v) is 4.14. The molecule has 0 bridgehead atoms. The van der Waals surface area contributed by atoms with Gasteiger partial charge in [0.1, 0.15) is 17.2 Å². The lowest BCUT2D eigenvalue weighted by Gasteiger charge is -2.11. The zero-order chi connectivity index (χ0) is 19.6. The molecule has 6 heteroatoms. The average Bonchev–Trinajstić information content (AvgIpc) is 2.86. The normalized spacial score (nSPS) is 14.2. The van der Waals surface area contributed by atoms with E-state index in [9.17, 15) is 9.59 Å². The Labute approximate surface area is 158 Å². The summed E-state index contributed by atoms with van der Waals surface area (Å²) in [5.74, 6) is 0.646. The van der Waals surface area contributed by atoms with Gasteiger partial charge in [0.2, 0.25) is 0 Å². The first-order valence-electron chi connectivity index (χ1n) is 8.65. The number of anilines is 1. The maximum Gasteiger partial charge on any atom is 0.277 e. The molecule has 3 rings (SSSR count).